The minimum atomic E-state index is -2.07. The Kier molecular flexibility index (Phi) is 3.64. The van der Waals surface area contributed by atoms with E-state index in [4.69, 9.17) is 5.11 Å². The number of hydrogen-bond donors (Lipinski definition) is 4. The SMILES string of the molecule is CC(O)(CNC(=O)c1ncccc1O)C(=O)O. The molecule has 0 radical (unpaired) electrons. The maximum absolute atomic E-state index is 11.5. The van der Waals surface area contributed by atoms with E-state index in [1.807, 2.05) is 0 Å². The van der Waals surface area contributed by atoms with Crippen LogP contribution in [0.3, 0.4) is 0 Å². The van der Waals surface area contributed by atoms with Gasteiger partial charge in [-0.25, -0.2) is 9.78 Å². The molecule has 1 amide bonds. The molecule has 1 aromatic rings. The summed E-state index contributed by atoms with van der Waals surface area (Å²) in [6, 6.07) is 2.72. The molecule has 0 saturated carbocycles. The van der Waals surface area contributed by atoms with E-state index in [1.165, 1.54) is 18.3 Å². The minimum absolute atomic E-state index is 0.228. The van der Waals surface area contributed by atoms with Gasteiger partial charge in [-0.15, -0.1) is 0 Å². The summed E-state index contributed by atoms with van der Waals surface area (Å²) >= 11 is 0. The molecule has 1 atom stereocenters. The number of nitrogens with one attached hydrogen (secondary N) is 1. The molecule has 0 fully saturated rings. The van der Waals surface area contributed by atoms with Crippen molar-refractivity contribution in [2.45, 2.75) is 12.5 Å². The zero-order valence-electron chi connectivity index (χ0n) is 9.04. The van der Waals surface area contributed by atoms with Crippen molar-refractivity contribution in [2.24, 2.45) is 0 Å². The van der Waals surface area contributed by atoms with Crippen molar-refractivity contribution in [1.82, 2.24) is 10.3 Å². The van der Waals surface area contributed by atoms with Gasteiger partial charge < -0.3 is 20.6 Å². The molecule has 1 aromatic heterocycles. The molecule has 92 valence electrons. The van der Waals surface area contributed by atoms with E-state index < -0.39 is 24.0 Å². The summed E-state index contributed by atoms with van der Waals surface area (Å²) < 4.78 is 0. The van der Waals surface area contributed by atoms with Gasteiger partial charge in [0.15, 0.2) is 11.3 Å². The summed E-state index contributed by atoms with van der Waals surface area (Å²) in [5, 5.41) is 29.5. The Balaban J connectivity index is 2.69. The number of hydrogen-bond acceptors (Lipinski definition) is 5. The number of rotatable bonds is 4. The molecule has 0 bridgehead atoms. The fourth-order valence-corrected chi connectivity index (χ4v) is 0.983. The number of aliphatic hydroxyl groups is 1. The van der Waals surface area contributed by atoms with Crippen molar-refractivity contribution in [3.63, 3.8) is 0 Å². The third-order valence-corrected chi connectivity index (χ3v) is 2.06. The number of carbonyl (C=O) groups is 2. The van der Waals surface area contributed by atoms with Crippen molar-refractivity contribution in [3.8, 4) is 5.75 Å². The van der Waals surface area contributed by atoms with Gasteiger partial charge in [0.1, 0.15) is 5.75 Å². The Labute approximate surface area is 96.7 Å². The molecule has 1 unspecified atom stereocenters. The number of pyridine rings is 1. The third-order valence-electron chi connectivity index (χ3n) is 2.06. The van der Waals surface area contributed by atoms with E-state index in [-0.39, 0.29) is 11.4 Å². The summed E-state index contributed by atoms with van der Waals surface area (Å²) in [6.07, 6.45) is 1.31. The van der Waals surface area contributed by atoms with Gasteiger partial charge in [-0.1, -0.05) is 0 Å². The fraction of sp³-hybridized carbons (Fsp3) is 0.300. The van der Waals surface area contributed by atoms with Gasteiger partial charge in [-0.2, -0.15) is 0 Å². The first kappa shape index (κ1) is 12.9. The van der Waals surface area contributed by atoms with Crippen LogP contribution in [0.25, 0.3) is 0 Å². The lowest BCUT2D eigenvalue weighted by Gasteiger charge is -2.18. The molecule has 17 heavy (non-hydrogen) atoms. The predicted molar refractivity (Wildman–Crippen MR) is 56.5 cm³/mol. The molecular weight excluding hydrogens is 228 g/mol. The second kappa shape index (κ2) is 4.79. The molecule has 0 aliphatic heterocycles. The van der Waals surface area contributed by atoms with Crippen LogP contribution in [-0.4, -0.2) is 44.3 Å². The number of amides is 1. The number of carboxylic acids is 1. The van der Waals surface area contributed by atoms with Gasteiger partial charge in [0.25, 0.3) is 5.91 Å². The summed E-state index contributed by atoms with van der Waals surface area (Å²) in [6.45, 7) is 0.561. The average Bonchev–Trinajstić information content (AvgIpc) is 2.26. The second-order valence-electron chi connectivity index (χ2n) is 3.63. The first-order valence-corrected chi connectivity index (χ1v) is 4.72. The summed E-state index contributed by atoms with van der Waals surface area (Å²) in [7, 11) is 0. The van der Waals surface area contributed by atoms with Crippen LogP contribution in [0.15, 0.2) is 18.3 Å². The van der Waals surface area contributed by atoms with Crippen LogP contribution in [-0.2, 0) is 4.79 Å². The standard InChI is InChI=1S/C10H12N2O5/c1-10(17,9(15)16)5-12-8(14)7-6(13)3-2-4-11-7/h2-4,13,17H,5H2,1H3,(H,12,14)(H,15,16). The number of aromatic hydroxyl groups is 1. The Morgan fingerprint density at radius 3 is 2.71 bits per heavy atom. The Hall–Kier alpha value is -2.15. The Bertz CT molecular complexity index is 444. The molecule has 1 rings (SSSR count). The van der Waals surface area contributed by atoms with Crippen LogP contribution in [0.4, 0.5) is 0 Å². The first-order chi connectivity index (χ1) is 7.84. The van der Waals surface area contributed by atoms with Crippen LogP contribution in [0, 0.1) is 0 Å². The van der Waals surface area contributed by atoms with E-state index in [2.05, 4.69) is 10.3 Å². The molecule has 7 heteroatoms. The highest BCUT2D eigenvalue weighted by molar-refractivity contribution is 5.95. The maximum atomic E-state index is 11.5. The van der Waals surface area contributed by atoms with Crippen molar-refractivity contribution in [2.75, 3.05) is 6.54 Å². The van der Waals surface area contributed by atoms with E-state index in [1.54, 1.807) is 0 Å². The third kappa shape index (κ3) is 3.15. The molecule has 4 N–H and O–H groups in total. The minimum Gasteiger partial charge on any atom is -0.505 e. The lowest BCUT2D eigenvalue weighted by atomic mass is 10.1. The quantitative estimate of drug-likeness (QED) is 0.555. The van der Waals surface area contributed by atoms with Crippen LogP contribution >= 0.6 is 0 Å². The van der Waals surface area contributed by atoms with Crippen LogP contribution < -0.4 is 5.32 Å². The van der Waals surface area contributed by atoms with Crippen LogP contribution in [0.1, 0.15) is 17.4 Å². The van der Waals surface area contributed by atoms with Crippen molar-refractivity contribution >= 4 is 11.9 Å². The molecule has 0 saturated heterocycles. The van der Waals surface area contributed by atoms with Gasteiger partial charge in [0.05, 0.1) is 6.54 Å². The number of nitrogens with zero attached hydrogens (tertiary/aromatic N) is 1. The van der Waals surface area contributed by atoms with Gasteiger partial charge >= 0.3 is 5.97 Å². The number of aromatic nitrogens is 1. The van der Waals surface area contributed by atoms with Crippen LogP contribution in [0.5, 0.6) is 5.75 Å². The molecule has 0 aliphatic rings. The molecule has 0 spiro atoms. The Morgan fingerprint density at radius 1 is 1.53 bits per heavy atom. The largest absolute Gasteiger partial charge is 0.505 e. The van der Waals surface area contributed by atoms with Gasteiger partial charge in [-0.3, -0.25) is 4.79 Å². The summed E-state index contributed by atoms with van der Waals surface area (Å²) in [4.78, 5) is 25.7. The predicted octanol–water partition coefficient (Wildman–Crippen LogP) is -0.647. The zero-order valence-corrected chi connectivity index (χ0v) is 9.04. The lowest BCUT2D eigenvalue weighted by Crippen LogP contribution is -2.46. The maximum Gasteiger partial charge on any atom is 0.337 e. The van der Waals surface area contributed by atoms with E-state index >= 15 is 0 Å². The Morgan fingerprint density at radius 2 is 2.18 bits per heavy atom. The second-order valence-corrected chi connectivity index (χ2v) is 3.63. The number of aliphatic carboxylic acids is 1. The van der Waals surface area contributed by atoms with E-state index in [0.717, 1.165) is 6.92 Å². The highest BCUT2D eigenvalue weighted by Gasteiger charge is 2.30. The molecule has 0 aromatic carbocycles. The summed E-state index contributed by atoms with van der Waals surface area (Å²) in [5.74, 6) is -2.53. The first-order valence-electron chi connectivity index (χ1n) is 4.72. The number of carboxylic acid groups (broad SMARTS) is 1. The van der Waals surface area contributed by atoms with Gasteiger partial charge in [-0.05, 0) is 19.1 Å². The topological polar surface area (TPSA) is 120 Å². The smallest absolute Gasteiger partial charge is 0.337 e. The monoisotopic (exact) mass is 240 g/mol. The van der Waals surface area contributed by atoms with Gasteiger partial charge in [0, 0.05) is 6.20 Å². The highest BCUT2D eigenvalue weighted by Crippen LogP contribution is 2.12. The molecular formula is C10H12N2O5. The zero-order chi connectivity index (χ0) is 13.1. The lowest BCUT2D eigenvalue weighted by molar-refractivity contribution is -0.155. The van der Waals surface area contributed by atoms with Crippen molar-refractivity contribution < 1.29 is 24.9 Å². The highest BCUT2D eigenvalue weighted by atomic mass is 16.4. The van der Waals surface area contributed by atoms with E-state index in [0.29, 0.717) is 0 Å². The summed E-state index contributed by atoms with van der Waals surface area (Å²) in [5.41, 5.74) is -2.30. The van der Waals surface area contributed by atoms with E-state index in [9.17, 15) is 19.8 Å². The average molecular weight is 240 g/mol. The molecule has 7 nitrogen and oxygen atoms in total. The number of carbonyl (C=O) groups excluding carboxylic acids is 1. The molecule has 1 heterocycles. The van der Waals surface area contributed by atoms with Crippen molar-refractivity contribution in [3.05, 3.63) is 24.0 Å². The normalized spacial score (nSPS) is 13.8. The fourth-order valence-electron chi connectivity index (χ4n) is 0.983. The van der Waals surface area contributed by atoms with Gasteiger partial charge in [0.2, 0.25) is 0 Å². The molecule has 0 aliphatic carbocycles. The van der Waals surface area contributed by atoms with Crippen molar-refractivity contribution in [1.29, 1.82) is 0 Å². The van der Waals surface area contributed by atoms with Crippen LogP contribution in [0.2, 0.25) is 0 Å².